The number of nitrogens with zero attached hydrogens (tertiary/aromatic N) is 1. The Morgan fingerprint density at radius 3 is 2.19 bits per heavy atom. The molecular formula is C20H41Cl2N3O2. The first-order valence-corrected chi connectivity index (χ1v) is 9.88. The van der Waals surface area contributed by atoms with Crippen molar-refractivity contribution < 1.29 is 9.53 Å². The minimum Gasteiger partial charge on any atom is -0.378 e. The lowest BCUT2D eigenvalue weighted by Gasteiger charge is -2.57. The molecule has 0 radical (unpaired) electrons. The average molecular weight is 426 g/mol. The van der Waals surface area contributed by atoms with Crippen LogP contribution >= 0.6 is 24.8 Å². The summed E-state index contributed by atoms with van der Waals surface area (Å²) in [5.41, 5.74) is 5.24. The highest BCUT2D eigenvalue weighted by Gasteiger charge is 2.62. The van der Waals surface area contributed by atoms with E-state index in [1.165, 1.54) is 6.42 Å². The van der Waals surface area contributed by atoms with Gasteiger partial charge in [0.2, 0.25) is 5.91 Å². The number of nitrogens with one attached hydrogen (secondary N) is 1. The first kappa shape index (κ1) is 26.9. The van der Waals surface area contributed by atoms with Gasteiger partial charge in [0.05, 0.1) is 6.10 Å². The number of hydrogen-bond acceptors (Lipinski definition) is 4. The fraction of sp³-hybridized carbons (Fsp3) is 0.950. The van der Waals surface area contributed by atoms with Crippen molar-refractivity contribution in [1.29, 1.82) is 0 Å². The molecule has 1 aliphatic heterocycles. The van der Waals surface area contributed by atoms with Gasteiger partial charge < -0.3 is 15.8 Å². The van der Waals surface area contributed by atoms with Crippen molar-refractivity contribution in [3.8, 4) is 0 Å². The molecule has 0 spiro atoms. The number of hydrogen-bond donors (Lipinski definition) is 2. The monoisotopic (exact) mass is 425 g/mol. The van der Waals surface area contributed by atoms with Crippen LogP contribution < -0.4 is 11.1 Å². The van der Waals surface area contributed by atoms with Crippen LogP contribution in [0.5, 0.6) is 0 Å². The lowest BCUT2D eigenvalue weighted by atomic mass is 9.54. The van der Waals surface area contributed by atoms with Crippen LogP contribution in [0.3, 0.4) is 0 Å². The third-order valence-corrected chi connectivity index (χ3v) is 6.64. The summed E-state index contributed by atoms with van der Waals surface area (Å²) < 4.78 is 5.73. The molecule has 1 amide bonds. The maximum Gasteiger partial charge on any atom is 0.240 e. The fourth-order valence-electron chi connectivity index (χ4n) is 4.54. The zero-order valence-electron chi connectivity index (χ0n) is 18.1. The van der Waals surface area contributed by atoms with E-state index in [2.05, 4.69) is 37.9 Å². The first-order chi connectivity index (χ1) is 11.4. The molecule has 0 aromatic carbocycles. The predicted molar refractivity (Wildman–Crippen MR) is 117 cm³/mol. The Labute approximate surface area is 178 Å². The van der Waals surface area contributed by atoms with Crippen LogP contribution in [0, 0.1) is 17.3 Å². The number of piperidine rings is 1. The van der Waals surface area contributed by atoms with Gasteiger partial charge in [-0.2, -0.15) is 0 Å². The van der Waals surface area contributed by atoms with Gasteiger partial charge in [-0.3, -0.25) is 9.69 Å². The number of halogens is 2. The molecule has 162 valence electrons. The quantitative estimate of drug-likeness (QED) is 0.684. The summed E-state index contributed by atoms with van der Waals surface area (Å²) in [7, 11) is 0. The molecule has 4 atom stereocenters. The maximum atomic E-state index is 12.9. The van der Waals surface area contributed by atoms with Crippen molar-refractivity contribution in [1.82, 2.24) is 10.2 Å². The molecule has 1 aliphatic carbocycles. The molecule has 27 heavy (non-hydrogen) atoms. The Bertz CT molecular complexity index is 492. The molecule has 2 rings (SSSR count). The normalized spacial score (nSPS) is 33.3. The molecule has 0 aromatic rings. The van der Waals surface area contributed by atoms with Crippen molar-refractivity contribution >= 4 is 30.7 Å². The van der Waals surface area contributed by atoms with Crippen molar-refractivity contribution in [3.63, 3.8) is 0 Å². The smallest absolute Gasteiger partial charge is 0.240 e. The fourth-order valence-corrected chi connectivity index (χ4v) is 4.54. The van der Waals surface area contributed by atoms with E-state index in [4.69, 9.17) is 10.5 Å². The molecule has 2 fully saturated rings. The van der Waals surface area contributed by atoms with Gasteiger partial charge in [0.15, 0.2) is 0 Å². The van der Waals surface area contributed by atoms with Gasteiger partial charge in [-0.25, -0.2) is 0 Å². The number of nitrogens with two attached hydrogens (primary N) is 1. The first-order valence-electron chi connectivity index (χ1n) is 9.88. The Balaban J connectivity index is 0.00000338. The van der Waals surface area contributed by atoms with E-state index in [-0.39, 0.29) is 47.8 Å². The minimum atomic E-state index is -0.842. The SMILES string of the molecule is CCOC1CC(N)(C(=O)NCC(C)(C)N2CC(C)CC(C)C2)C1(C)C.Cl.Cl. The van der Waals surface area contributed by atoms with Crippen molar-refractivity contribution in [2.24, 2.45) is 23.0 Å². The number of carbonyl (C=O) groups is 1. The molecule has 5 nitrogen and oxygen atoms in total. The summed E-state index contributed by atoms with van der Waals surface area (Å²) in [6, 6.07) is 0. The van der Waals surface area contributed by atoms with E-state index in [9.17, 15) is 4.79 Å². The summed E-state index contributed by atoms with van der Waals surface area (Å²) in [6.45, 7) is 18.6. The van der Waals surface area contributed by atoms with Gasteiger partial charge >= 0.3 is 0 Å². The van der Waals surface area contributed by atoms with Gasteiger partial charge in [0.25, 0.3) is 0 Å². The summed E-state index contributed by atoms with van der Waals surface area (Å²) >= 11 is 0. The Hall–Kier alpha value is -0.0700. The van der Waals surface area contributed by atoms with Crippen LogP contribution in [0.2, 0.25) is 0 Å². The maximum absolute atomic E-state index is 12.9. The highest BCUT2D eigenvalue weighted by Crippen LogP contribution is 2.49. The lowest BCUT2D eigenvalue weighted by molar-refractivity contribution is -0.171. The largest absolute Gasteiger partial charge is 0.378 e. The zero-order valence-corrected chi connectivity index (χ0v) is 19.8. The van der Waals surface area contributed by atoms with Crippen molar-refractivity contribution in [2.75, 3.05) is 26.2 Å². The van der Waals surface area contributed by atoms with Crippen LogP contribution in [0.1, 0.15) is 61.3 Å². The highest BCUT2D eigenvalue weighted by molar-refractivity contribution is 5.88. The number of amides is 1. The third-order valence-electron chi connectivity index (χ3n) is 6.64. The second kappa shape index (κ2) is 9.62. The van der Waals surface area contributed by atoms with Gasteiger partial charge in [-0.15, -0.1) is 24.8 Å². The van der Waals surface area contributed by atoms with Crippen LogP contribution in [0.15, 0.2) is 0 Å². The summed E-state index contributed by atoms with van der Waals surface area (Å²) in [4.78, 5) is 15.4. The summed E-state index contributed by atoms with van der Waals surface area (Å²) in [5.74, 6) is 1.37. The number of likely N-dealkylation sites (tertiary alicyclic amines) is 1. The Morgan fingerprint density at radius 2 is 1.74 bits per heavy atom. The van der Waals surface area contributed by atoms with E-state index >= 15 is 0 Å². The standard InChI is InChI=1S/C20H39N3O2.2ClH/c1-8-25-16-10-20(21,19(16,6)7)17(24)22-13-18(4,5)23-11-14(2)9-15(3)12-23;;/h14-16H,8-13,21H2,1-7H3,(H,22,24);2*1H. The third kappa shape index (κ3) is 5.30. The van der Waals surface area contributed by atoms with Crippen LogP contribution in [0.4, 0.5) is 0 Å². The number of carbonyl (C=O) groups excluding carboxylic acids is 1. The second-order valence-corrected chi connectivity index (χ2v) is 9.69. The second-order valence-electron chi connectivity index (χ2n) is 9.69. The number of ether oxygens (including phenoxy) is 1. The molecule has 2 aliphatic rings. The molecule has 7 heteroatoms. The van der Waals surface area contributed by atoms with Crippen LogP contribution in [-0.4, -0.2) is 54.2 Å². The van der Waals surface area contributed by atoms with Gasteiger partial charge in [0.1, 0.15) is 5.54 Å². The van der Waals surface area contributed by atoms with E-state index in [0.717, 1.165) is 13.1 Å². The van der Waals surface area contributed by atoms with E-state index < -0.39 is 5.54 Å². The molecule has 0 aromatic heterocycles. The van der Waals surface area contributed by atoms with Crippen LogP contribution in [0.25, 0.3) is 0 Å². The molecule has 1 saturated carbocycles. The van der Waals surface area contributed by atoms with E-state index in [1.54, 1.807) is 0 Å². The van der Waals surface area contributed by atoms with Gasteiger partial charge in [-0.05, 0) is 39.0 Å². The summed E-state index contributed by atoms with van der Waals surface area (Å²) in [5, 5.41) is 3.15. The van der Waals surface area contributed by atoms with Crippen molar-refractivity contribution in [2.45, 2.75) is 78.5 Å². The molecule has 1 heterocycles. The lowest BCUT2D eigenvalue weighted by Crippen LogP contribution is -2.76. The highest BCUT2D eigenvalue weighted by atomic mass is 35.5. The van der Waals surface area contributed by atoms with Gasteiger partial charge in [-0.1, -0.05) is 27.7 Å². The zero-order chi connectivity index (χ0) is 19.0. The molecule has 3 N–H and O–H groups in total. The average Bonchev–Trinajstić information content (AvgIpc) is 2.51. The molecular weight excluding hydrogens is 385 g/mol. The molecule has 1 saturated heterocycles. The van der Waals surface area contributed by atoms with Crippen molar-refractivity contribution in [3.05, 3.63) is 0 Å². The minimum absolute atomic E-state index is 0. The van der Waals surface area contributed by atoms with E-state index in [1.807, 2.05) is 20.8 Å². The Morgan fingerprint density at radius 1 is 1.22 bits per heavy atom. The molecule has 0 bridgehead atoms. The number of rotatable bonds is 6. The summed E-state index contributed by atoms with van der Waals surface area (Å²) in [6.07, 6.45) is 1.94. The van der Waals surface area contributed by atoms with E-state index in [0.29, 0.717) is 31.4 Å². The Kier molecular flexibility index (Phi) is 9.59. The topological polar surface area (TPSA) is 67.6 Å². The van der Waals surface area contributed by atoms with Gasteiger partial charge in [0, 0.05) is 43.6 Å². The van der Waals surface area contributed by atoms with Crippen LogP contribution in [-0.2, 0) is 9.53 Å². The predicted octanol–water partition coefficient (Wildman–Crippen LogP) is 3.24. The molecule has 4 unspecified atom stereocenters.